The van der Waals surface area contributed by atoms with Gasteiger partial charge in [-0.25, -0.2) is 4.79 Å². The van der Waals surface area contributed by atoms with Gasteiger partial charge in [-0.2, -0.15) is 0 Å². The zero-order valence-electron chi connectivity index (χ0n) is 20.4. The van der Waals surface area contributed by atoms with E-state index < -0.39 is 34.7 Å². The minimum absolute atomic E-state index is 0.0260. The second kappa shape index (κ2) is 11.5. The summed E-state index contributed by atoms with van der Waals surface area (Å²) in [6, 6.07) is 7.36. The van der Waals surface area contributed by atoms with Crippen molar-refractivity contribution in [2.75, 3.05) is 13.7 Å². The summed E-state index contributed by atoms with van der Waals surface area (Å²) < 4.78 is 21.7. The molecule has 0 amide bonds. The first kappa shape index (κ1) is 27.7. The van der Waals surface area contributed by atoms with Gasteiger partial charge in [-0.1, -0.05) is 18.2 Å². The lowest BCUT2D eigenvalue weighted by atomic mass is 9.82. The first-order valence-electron chi connectivity index (χ1n) is 10.7. The summed E-state index contributed by atoms with van der Waals surface area (Å²) in [5.41, 5.74) is -2.86. The molecule has 0 aliphatic carbocycles. The van der Waals surface area contributed by atoms with Crippen LogP contribution in [0.5, 0.6) is 5.75 Å². The number of ether oxygens (including phenoxy) is 4. The molecule has 0 saturated heterocycles. The van der Waals surface area contributed by atoms with Gasteiger partial charge in [0.05, 0.1) is 26.2 Å². The van der Waals surface area contributed by atoms with Crippen LogP contribution in [-0.4, -0.2) is 47.6 Å². The van der Waals surface area contributed by atoms with Crippen molar-refractivity contribution in [3.8, 4) is 5.75 Å². The summed E-state index contributed by atoms with van der Waals surface area (Å²) in [4.78, 5) is 25.9. The van der Waals surface area contributed by atoms with Crippen molar-refractivity contribution < 1.29 is 33.6 Å². The molecular formula is C25H38O7. The number of rotatable bonds is 11. The van der Waals surface area contributed by atoms with E-state index in [-0.39, 0.29) is 26.1 Å². The zero-order chi connectivity index (χ0) is 24.6. The van der Waals surface area contributed by atoms with Gasteiger partial charge in [-0.3, -0.25) is 4.79 Å². The number of benzene rings is 1. The highest BCUT2D eigenvalue weighted by molar-refractivity contribution is 5.88. The van der Waals surface area contributed by atoms with Crippen LogP contribution in [0.3, 0.4) is 0 Å². The highest BCUT2D eigenvalue weighted by Gasteiger charge is 2.50. The molecule has 0 aliphatic heterocycles. The van der Waals surface area contributed by atoms with E-state index in [9.17, 15) is 14.7 Å². The number of methoxy groups -OCH3 is 1. The molecule has 0 fully saturated rings. The van der Waals surface area contributed by atoms with Gasteiger partial charge in [0.15, 0.2) is 5.60 Å². The predicted octanol–water partition coefficient (Wildman–Crippen LogP) is 4.21. The highest BCUT2D eigenvalue weighted by atomic mass is 16.6. The van der Waals surface area contributed by atoms with Crippen molar-refractivity contribution in [2.45, 2.75) is 77.8 Å². The Hall–Kier alpha value is -2.38. The van der Waals surface area contributed by atoms with E-state index in [0.717, 1.165) is 11.3 Å². The van der Waals surface area contributed by atoms with Gasteiger partial charge in [0, 0.05) is 6.42 Å². The third kappa shape index (κ3) is 9.01. The molecule has 32 heavy (non-hydrogen) atoms. The number of carbonyl (C=O) groups excluding carboxylic acids is 2. The standard InChI is InChI=1S/C25H38O7/c1-9-10-20(21(26)31-23(2,3)4)25(28,22(27)32-24(5,6)7)15-16-30-17-18-11-13-19(29-8)14-12-18/h9,11-14,20,28H,1,10,15-17H2,2-8H3/t20-,25-/m1/s1. The van der Waals surface area contributed by atoms with Crippen LogP contribution in [0.4, 0.5) is 0 Å². The second-order valence-corrected chi connectivity index (χ2v) is 9.69. The number of esters is 2. The average molecular weight is 451 g/mol. The van der Waals surface area contributed by atoms with Crippen LogP contribution in [0.1, 0.15) is 59.9 Å². The normalized spacial score (nSPS) is 14.8. The van der Waals surface area contributed by atoms with E-state index in [0.29, 0.717) is 0 Å². The Kier molecular flexibility index (Phi) is 9.92. The van der Waals surface area contributed by atoms with E-state index in [1.165, 1.54) is 6.08 Å². The van der Waals surface area contributed by atoms with Gasteiger partial charge >= 0.3 is 11.9 Å². The van der Waals surface area contributed by atoms with Crippen molar-refractivity contribution in [1.82, 2.24) is 0 Å². The Morgan fingerprint density at radius 2 is 1.59 bits per heavy atom. The van der Waals surface area contributed by atoms with Gasteiger partial charge in [-0.05, 0) is 65.7 Å². The Morgan fingerprint density at radius 3 is 2.06 bits per heavy atom. The first-order valence-corrected chi connectivity index (χ1v) is 10.7. The molecule has 7 heteroatoms. The molecule has 0 bridgehead atoms. The van der Waals surface area contributed by atoms with Crippen LogP contribution in [0.15, 0.2) is 36.9 Å². The summed E-state index contributed by atoms with van der Waals surface area (Å²) >= 11 is 0. The van der Waals surface area contributed by atoms with Gasteiger partial charge in [0.2, 0.25) is 0 Å². The van der Waals surface area contributed by atoms with Gasteiger partial charge in [0.1, 0.15) is 17.0 Å². The molecule has 1 aromatic rings. The molecule has 0 saturated carbocycles. The fraction of sp³-hybridized carbons (Fsp3) is 0.600. The SMILES string of the molecule is C=CC[C@H](C(=O)OC(C)(C)C)[C@](O)(CCOCc1ccc(OC)cc1)C(=O)OC(C)(C)C. The summed E-state index contributed by atoms with van der Waals surface area (Å²) in [6.45, 7) is 14.2. The summed E-state index contributed by atoms with van der Waals surface area (Å²) in [7, 11) is 1.59. The molecule has 1 N–H and O–H groups in total. The van der Waals surface area contributed by atoms with Gasteiger partial charge in [-0.15, -0.1) is 6.58 Å². The van der Waals surface area contributed by atoms with Crippen molar-refractivity contribution in [1.29, 1.82) is 0 Å². The molecule has 0 radical (unpaired) electrons. The number of carbonyl (C=O) groups is 2. The van der Waals surface area contributed by atoms with Crippen LogP contribution in [0, 0.1) is 5.92 Å². The third-order valence-corrected chi connectivity index (χ3v) is 4.48. The van der Waals surface area contributed by atoms with E-state index in [1.54, 1.807) is 48.7 Å². The summed E-state index contributed by atoms with van der Waals surface area (Å²) in [6.07, 6.45) is 1.38. The van der Waals surface area contributed by atoms with E-state index in [2.05, 4.69) is 6.58 Å². The lowest BCUT2D eigenvalue weighted by Crippen LogP contribution is -2.53. The number of allylic oxidation sites excluding steroid dienone is 1. The Balaban J connectivity index is 3.02. The van der Waals surface area contributed by atoms with E-state index in [1.807, 2.05) is 24.3 Å². The third-order valence-electron chi connectivity index (χ3n) is 4.48. The van der Waals surface area contributed by atoms with Crippen LogP contribution in [0.25, 0.3) is 0 Å². The minimum Gasteiger partial charge on any atom is -0.497 e. The number of aliphatic hydroxyl groups is 1. The summed E-state index contributed by atoms with van der Waals surface area (Å²) in [5.74, 6) is -2.03. The van der Waals surface area contributed by atoms with Crippen LogP contribution in [0.2, 0.25) is 0 Å². The monoisotopic (exact) mass is 450 g/mol. The molecule has 180 valence electrons. The van der Waals surface area contributed by atoms with Crippen LogP contribution in [-0.2, 0) is 30.4 Å². The van der Waals surface area contributed by atoms with Crippen LogP contribution >= 0.6 is 0 Å². The Morgan fingerprint density at radius 1 is 1.03 bits per heavy atom. The lowest BCUT2D eigenvalue weighted by molar-refractivity contribution is -0.196. The lowest BCUT2D eigenvalue weighted by Gasteiger charge is -2.36. The maximum Gasteiger partial charge on any atom is 0.339 e. The van der Waals surface area contributed by atoms with Crippen molar-refractivity contribution in [3.05, 3.63) is 42.5 Å². The Labute approximate surface area is 191 Å². The molecule has 0 spiro atoms. The van der Waals surface area contributed by atoms with Gasteiger partial charge < -0.3 is 24.1 Å². The topological polar surface area (TPSA) is 91.3 Å². The smallest absolute Gasteiger partial charge is 0.339 e. The molecule has 2 atom stereocenters. The fourth-order valence-corrected chi connectivity index (χ4v) is 2.95. The summed E-state index contributed by atoms with van der Waals surface area (Å²) in [5, 5.41) is 11.4. The molecule has 1 rings (SSSR count). The molecule has 7 nitrogen and oxygen atoms in total. The molecular weight excluding hydrogens is 412 g/mol. The Bertz CT molecular complexity index is 756. The van der Waals surface area contributed by atoms with Crippen molar-refractivity contribution in [3.63, 3.8) is 0 Å². The molecule has 0 aliphatic rings. The zero-order valence-corrected chi connectivity index (χ0v) is 20.4. The average Bonchev–Trinajstić information content (AvgIpc) is 2.67. The maximum atomic E-state index is 13.0. The quantitative estimate of drug-likeness (QED) is 0.307. The van der Waals surface area contributed by atoms with E-state index in [4.69, 9.17) is 18.9 Å². The molecule has 0 aromatic heterocycles. The van der Waals surface area contributed by atoms with E-state index >= 15 is 0 Å². The largest absolute Gasteiger partial charge is 0.497 e. The van der Waals surface area contributed by atoms with Gasteiger partial charge in [0.25, 0.3) is 0 Å². The second-order valence-electron chi connectivity index (χ2n) is 9.69. The fourth-order valence-electron chi connectivity index (χ4n) is 2.95. The maximum absolute atomic E-state index is 13.0. The van der Waals surface area contributed by atoms with Crippen molar-refractivity contribution in [2.24, 2.45) is 5.92 Å². The molecule has 0 unspecified atom stereocenters. The predicted molar refractivity (Wildman–Crippen MR) is 122 cm³/mol. The highest BCUT2D eigenvalue weighted by Crippen LogP contribution is 2.31. The minimum atomic E-state index is -2.14. The number of hydrogen-bond acceptors (Lipinski definition) is 7. The molecule has 0 heterocycles. The molecule has 1 aromatic carbocycles. The number of hydrogen-bond donors (Lipinski definition) is 1. The van der Waals surface area contributed by atoms with Crippen molar-refractivity contribution >= 4 is 11.9 Å². The first-order chi connectivity index (χ1) is 14.7. The van der Waals surface area contributed by atoms with Crippen LogP contribution < -0.4 is 4.74 Å².